The maximum Gasteiger partial charge on any atom is 0.279 e. The molecule has 0 radical (unpaired) electrons. The van der Waals surface area contributed by atoms with Gasteiger partial charge in [-0.15, -0.1) is 0 Å². The largest absolute Gasteiger partial charge is 0.497 e. The molecule has 2 amide bonds. The average molecular weight is 513 g/mol. The van der Waals surface area contributed by atoms with Crippen LogP contribution < -0.4 is 24.4 Å². The monoisotopic (exact) mass is 512 g/mol. The highest BCUT2D eigenvalue weighted by molar-refractivity contribution is 6.09. The van der Waals surface area contributed by atoms with Gasteiger partial charge in [-0.05, 0) is 47.5 Å². The first-order chi connectivity index (χ1) is 18.5. The predicted octanol–water partition coefficient (Wildman–Crippen LogP) is 4.21. The van der Waals surface area contributed by atoms with Crippen molar-refractivity contribution in [3.63, 3.8) is 0 Å². The molecular formula is C29H28N4O5. The van der Waals surface area contributed by atoms with Crippen molar-refractivity contribution in [1.29, 1.82) is 0 Å². The van der Waals surface area contributed by atoms with Crippen molar-refractivity contribution < 1.29 is 23.8 Å². The summed E-state index contributed by atoms with van der Waals surface area (Å²) >= 11 is 0. The van der Waals surface area contributed by atoms with E-state index >= 15 is 0 Å². The molecule has 9 heteroatoms. The van der Waals surface area contributed by atoms with E-state index in [4.69, 9.17) is 14.2 Å². The molecule has 0 bridgehead atoms. The van der Waals surface area contributed by atoms with Crippen LogP contribution in [0.3, 0.4) is 0 Å². The second-order valence-corrected chi connectivity index (χ2v) is 8.18. The standard InChI is InChI=1S/C29H28N4O5/c1-36-23-12-10-22(11-13-23)33(29(35)24-19-30-15-16-31-24)27(21-9-14-25(37-2)26(17-21)38-3)28(34)32-18-20-7-5-4-6-8-20/h4-17,19,27H,18H2,1-3H3,(H,32,34)/t27-/m0/s1. The van der Waals surface area contributed by atoms with Crippen LogP contribution in [0.2, 0.25) is 0 Å². The number of rotatable bonds is 10. The van der Waals surface area contributed by atoms with Crippen LogP contribution in [-0.4, -0.2) is 43.1 Å². The van der Waals surface area contributed by atoms with Crippen molar-refractivity contribution in [3.05, 3.63) is 108 Å². The molecule has 4 rings (SSSR count). The van der Waals surface area contributed by atoms with E-state index in [-0.39, 0.29) is 12.2 Å². The maximum atomic E-state index is 13.9. The minimum Gasteiger partial charge on any atom is -0.497 e. The molecule has 1 aromatic heterocycles. The third-order valence-corrected chi connectivity index (χ3v) is 5.89. The van der Waals surface area contributed by atoms with E-state index in [1.807, 2.05) is 30.3 Å². The van der Waals surface area contributed by atoms with Gasteiger partial charge >= 0.3 is 0 Å². The number of methoxy groups -OCH3 is 3. The normalized spacial score (nSPS) is 11.2. The third-order valence-electron chi connectivity index (χ3n) is 5.89. The Labute approximate surface area is 221 Å². The van der Waals surface area contributed by atoms with Gasteiger partial charge in [0.15, 0.2) is 11.5 Å². The second kappa shape index (κ2) is 12.4. The van der Waals surface area contributed by atoms with E-state index in [1.54, 1.807) is 49.6 Å². The number of hydrogen-bond acceptors (Lipinski definition) is 7. The number of nitrogens with one attached hydrogen (secondary N) is 1. The number of hydrogen-bond donors (Lipinski definition) is 1. The summed E-state index contributed by atoms with van der Waals surface area (Å²) in [6.07, 6.45) is 4.28. The summed E-state index contributed by atoms with van der Waals surface area (Å²) in [5, 5.41) is 2.98. The van der Waals surface area contributed by atoms with Crippen LogP contribution in [0.25, 0.3) is 0 Å². The lowest BCUT2D eigenvalue weighted by molar-refractivity contribution is -0.122. The van der Waals surface area contributed by atoms with E-state index in [0.29, 0.717) is 28.5 Å². The van der Waals surface area contributed by atoms with Gasteiger partial charge in [0, 0.05) is 24.6 Å². The van der Waals surface area contributed by atoms with Gasteiger partial charge in [0.05, 0.1) is 27.5 Å². The molecule has 0 aliphatic heterocycles. The lowest BCUT2D eigenvalue weighted by Gasteiger charge is -2.31. The minimum atomic E-state index is -1.08. The highest BCUT2D eigenvalue weighted by Gasteiger charge is 2.34. The van der Waals surface area contributed by atoms with E-state index in [0.717, 1.165) is 5.56 Å². The number of benzene rings is 3. The molecule has 0 spiro atoms. The molecule has 0 saturated heterocycles. The first-order valence-electron chi connectivity index (χ1n) is 11.8. The summed E-state index contributed by atoms with van der Waals surface area (Å²) in [5.74, 6) is 0.632. The molecule has 0 aliphatic carbocycles. The summed E-state index contributed by atoms with van der Waals surface area (Å²) in [6.45, 7) is 0.277. The smallest absolute Gasteiger partial charge is 0.279 e. The summed E-state index contributed by atoms with van der Waals surface area (Å²) in [6, 6.07) is 20.4. The van der Waals surface area contributed by atoms with Gasteiger partial charge in [-0.1, -0.05) is 36.4 Å². The van der Waals surface area contributed by atoms with Crippen LogP contribution in [0.5, 0.6) is 17.2 Å². The van der Waals surface area contributed by atoms with Gasteiger partial charge in [0.2, 0.25) is 5.91 Å². The lowest BCUT2D eigenvalue weighted by atomic mass is 10.0. The van der Waals surface area contributed by atoms with Crippen molar-refractivity contribution >= 4 is 17.5 Å². The van der Waals surface area contributed by atoms with Gasteiger partial charge < -0.3 is 19.5 Å². The van der Waals surface area contributed by atoms with Gasteiger partial charge in [-0.25, -0.2) is 4.98 Å². The Morgan fingerprint density at radius 2 is 1.61 bits per heavy atom. The van der Waals surface area contributed by atoms with Crippen molar-refractivity contribution in [3.8, 4) is 17.2 Å². The van der Waals surface area contributed by atoms with Gasteiger partial charge in [-0.2, -0.15) is 0 Å². The number of nitrogens with zero attached hydrogens (tertiary/aromatic N) is 3. The lowest BCUT2D eigenvalue weighted by Crippen LogP contribution is -2.44. The average Bonchev–Trinajstić information content (AvgIpc) is 2.99. The third kappa shape index (κ3) is 5.89. The Hall–Kier alpha value is -4.92. The van der Waals surface area contributed by atoms with Crippen molar-refractivity contribution in [2.45, 2.75) is 12.6 Å². The summed E-state index contributed by atoms with van der Waals surface area (Å²) in [4.78, 5) is 37.5. The van der Waals surface area contributed by atoms with Crippen LogP contribution in [0.4, 0.5) is 5.69 Å². The zero-order valence-electron chi connectivity index (χ0n) is 21.3. The van der Waals surface area contributed by atoms with E-state index in [1.165, 1.54) is 37.7 Å². The Bertz CT molecular complexity index is 1370. The van der Waals surface area contributed by atoms with Crippen molar-refractivity contribution in [2.24, 2.45) is 0 Å². The molecule has 3 aromatic carbocycles. The molecule has 4 aromatic rings. The van der Waals surface area contributed by atoms with Crippen LogP contribution in [0, 0.1) is 0 Å². The van der Waals surface area contributed by atoms with E-state index in [9.17, 15) is 9.59 Å². The molecule has 0 saturated carbocycles. The van der Waals surface area contributed by atoms with Gasteiger partial charge in [-0.3, -0.25) is 19.5 Å². The molecule has 1 atom stereocenters. The summed E-state index contributed by atoms with van der Waals surface area (Å²) in [5.41, 5.74) is 1.99. The number of carbonyl (C=O) groups is 2. The number of ether oxygens (including phenoxy) is 3. The Morgan fingerprint density at radius 1 is 0.868 bits per heavy atom. The molecule has 0 fully saturated rings. The molecule has 194 valence electrons. The van der Waals surface area contributed by atoms with E-state index in [2.05, 4.69) is 15.3 Å². The first kappa shape index (κ1) is 26.2. The number of carbonyl (C=O) groups excluding carboxylic acids is 2. The number of aromatic nitrogens is 2. The fourth-order valence-electron chi connectivity index (χ4n) is 3.98. The quantitative estimate of drug-likeness (QED) is 0.340. The van der Waals surface area contributed by atoms with Crippen molar-refractivity contribution in [1.82, 2.24) is 15.3 Å². The summed E-state index contributed by atoms with van der Waals surface area (Å²) < 4.78 is 16.2. The molecule has 0 unspecified atom stereocenters. The molecule has 1 heterocycles. The minimum absolute atomic E-state index is 0.0876. The molecular weight excluding hydrogens is 484 g/mol. The Kier molecular flexibility index (Phi) is 8.50. The number of anilines is 1. The van der Waals surface area contributed by atoms with Crippen LogP contribution in [-0.2, 0) is 11.3 Å². The zero-order chi connectivity index (χ0) is 26.9. The van der Waals surface area contributed by atoms with E-state index < -0.39 is 17.9 Å². The highest BCUT2D eigenvalue weighted by Crippen LogP contribution is 2.35. The van der Waals surface area contributed by atoms with Crippen LogP contribution in [0.15, 0.2) is 91.4 Å². The molecule has 0 aliphatic rings. The van der Waals surface area contributed by atoms with Crippen LogP contribution in [0.1, 0.15) is 27.7 Å². The molecule has 38 heavy (non-hydrogen) atoms. The highest BCUT2D eigenvalue weighted by atomic mass is 16.5. The van der Waals surface area contributed by atoms with Gasteiger partial charge in [0.25, 0.3) is 5.91 Å². The Balaban J connectivity index is 1.83. The topological polar surface area (TPSA) is 103 Å². The number of amides is 2. The van der Waals surface area contributed by atoms with Gasteiger partial charge in [0.1, 0.15) is 17.5 Å². The fraction of sp³-hybridized carbons (Fsp3) is 0.172. The first-order valence-corrected chi connectivity index (χ1v) is 11.8. The summed E-state index contributed by atoms with van der Waals surface area (Å²) in [7, 11) is 4.60. The second-order valence-electron chi connectivity index (χ2n) is 8.18. The Morgan fingerprint density at radius 3 is 2.24 bits per heavy atom. The molecule has 9 nitrogen and oxygen atoms in total. The fourth-order valence-corrected chi connectivity index (χ4v) is 3.98. The SMILES string of the molecule is COc1ccc(N(C(=O)c2cnccn2)[C@H](C(=O)NCc2ccccc2)c2ccc(OC)c(OC)c2)cc1. The van der Waals surface area contributed by atoms with Crippen molar-refractivity contribution in [2.75, 3.05) is 26.2 Å². The predicted molar refractivity (Wildman–Crippen MR) is 142 cm³/mol. The maximum absolute atomic E-state index is 13.9. The van der Waals surface area contributed by atoms with Crippen LogP contribution >= 0.6 is 0 Å². The zero-order valence-corrected chi connectivity index (χ0v) is 21.3. The molecule has 1 N–H and O–H groups in total.